The van der Waals surface area contributed by atoms with Gasteiger partial charge in [-0.3, -0.25) is 4.79 Å². The first-order valence-electron chi connectivity index (χ1n) is 6.52. The van der Waals surface area contributed by atoms with E-state index in [1.165, 1.54) is 0 Å². The number of carbonyl (C=O) groups is 1. The van der Waals surface area contributed by atoms with Gasteiger partial charge in [-0.05, 0) is 25.5 Å². The quantitative estimate of drug-likeness (QED) is 0.769. The Morgan fingerprint density at radius 3 is 2.84 bits per heavy atom. The summed E-state index contributed by atoms with van der Waals surface area (Å²) < 4.78 is 5.46. The monoisotopic (exact) mass is 282 g/mol. The van der Waals surface area contributed by atoms with Crippen molar-refractivity contribution in [1.29, 1.82) is 0 Å². The van der Waals surface area contributed by atoms with Crippen LogP contribution in [0.15, 0.2) is 24.3 Å². The summed E-state index contributed by atoms with van der Waals surface area (Å²) in [6.45, 7) is 4.54. The molecule has 1 atom stereocenters. The molecular formula is C14H22N2O2S. The van der Waals surface area contributed by atoms with E-state index in [9.17, 15) is 4.79 Å². The number of rotatable bonds is 8. The highest BCUT2D eigenvalue weighted by Crippen LogP contribution is 2.23. The molecule has 0 heterocycles. The van der Waals surface area contributed by atoms with Crippen LogP contribution in [0.2, 0.25) is 0 Å². The van der Waals surface area contributed by atoms with E-state index in [0.29, 0.717) is 18.1 Å². The van der Waals surface area contributed by atoms with Crippen molar-refractivity contribution in [3.63, 3.8) is 0 Å². The molecule has 0 saturated heterocycles. The highest BCUT2D eigenvalue weighted by atomic mass is 32.2. The van der Waals surface area contributed by atoms with Gasteiger partial charge in [0.25, 0.3) is 0 Å². The van der Waals surface area contributed by atoms with E-state index in [1.54, 1.807) is 11.8 Å². The zero-order valence-corrected chi connectivity index (χ0v) is 12.3. The molecule has 1 rings (SSSR count). The number of thioether (sulfide) groups is 1. The number of para-hydroxylation sites is 2. The molecule has 0 spiro atoms. The SMILES string of the molecule is CCOc1ccccc1NC(=O)CSCC(N)CC. The van der Waals surface area contributed by atoms with Crippen molar-refractivity contribution < 1.29 is 9.53 Å². The van der Waals surface area contributed by atoms with Gasteiger partial charge < -0.3 is 15.8 Å². The van der Waals surface area contributed by atoms with Crippen LogP contribution in [0.1, 0.15) is 20.3 Å². The van der Waals surface area contributed by atoms with E-state index in [0.717, 1.165) is 17.9 Å². The molecule has 1 aromatic carbocycles. The van der Waals surface area contributed by atoms with Crippen molar-refractivity contribution in [1.82, 2.24) is 0 Å². The zero-order chi connectivity index (χ0) is 14.1. The fraction of sp³-hybridized carbons (Fsp3) is 0.500. The second-order valence-corrected chi connectivity index (χ2v) is 5.19. The normalized spacial score (nSPS) is 11.9. The van der Waals surface area contributed by atoms with E-state index >= 15 is 0 Å². The van der Waals surface area contributed by atoms with Crippen LogP contribution >= 0.6 is 11.8 Å². The number of benzene rings is 1. The van der Waals surface area contributed by atoms with Crippen molar-refractivity contribution in [2.24, 2.45) is 5.73 Å². The minimum absolute atomic E-state index is 0.0274. The van der Waals surface area contributed by atoms with Crippen LogP contribution < -0.4 is 15.8 Å². The minimum atomic E-state index is -0.0274. The lowest BCUT2D eigenvalue weighted by molar-refractivity contribution is -0.113. The van der Waals surface area contributed by atoms with Crippen molar-refractivity contribution in [2.45, 2.75) is 26.3 Å². The summed E-state index contributed by atoms with van der Waals surface area (Å²) in [6, 6.07) is 7.60. The summed E-state index contributed by atoms with van der Waals surface area (Å²) in [7, 11) is 0. The van der Waals surface area contributed by atoms with Crippen LogP contribution in [0.4, 0.5) is 5.69 Å². The van der Waals surface area contributed by atoms with Crippen LogP contribution in [0, 0.1) is 0 Å². The summed E-state index contributed by atoms with van der Waals surface area (Å²) in [6.07, 6.45) is 0.932. The molecule has 1 amide bonds. The standard InChI is InChI=1S/C14H22N2O2S/c1-3-11(15)9-19-10-14(17)16-12-7-5-6-8-13(12)18-4-2/h5-8,11H,3-4,9-10,15H2,1-2H3,(H,16,17). The average molecular weight is 282 g/mol. The lowest BCUT2D eigenvalue weighted by Gasteiger charge is -2.11. The number of carbonyl (C=O) groups excluding carboxylic acids is 1. The second-order valence-electron chi connectivity index (χ2n) is 4.16. The fourth-order valence-corrected chi connectivity index (χ4v) is 2.37. The van der Waals surface area contributed by atoms with Gasteiger partial charge in [0.15, 0.2) is 0 Å². The molecule has 0 radical (unpaired) electrons. The number of hydrogen-bond acceptors (Lipinski definition) is 4. The van der Waals surface area contributed by atoms with Crippen molar-refractivity contribution >= 4 is 23.4 Å². The van der Waals surface area contributed by atoms with Gasteiger partial charge in [-0.2, -0.15) is 11.8 Å². The van der Waals surface area contributed by atoms with Crippen LogP contribution in [0.5, 0.6) is 5.75 Å². The summed E-state index contributed by atoms with van der Waals surface area (Å²) >= 11 is 1.55. The second kappa shape index (κ2) is 8.82. The maximum atomic E-state index is 11.8. The summed E-state index contributed by atoms with van der Waals surface area (Å²) in [4.78, 5) is 11.8. The van der Waals surface area contributed by atoms with E-state index in [1.807, 2.05) is 38.1 Å². The molecule has 19 heavy (non-hydrogen) atoms. The predicted octanol–water partition coefficient (Wildman–Crippen LogP) is 2.49. The third-order valence-corrected chi connectivity index (χ3v) is 3.68. The zero-order valence-electron chi connectivity index (χ0n) is 11.5. The number of amides is 1. The van der Waals surface area contributed by atoms with Gasteiger partial charge >= 0.3 is 0 Å². The molecule has 0 bridgehead atoms. The largest absolute Gasteiger partial charge is 0.492 e. The lowest BCUT2D eigenvalue weighted by atomic mass is 10.3. The van der Waals surface area contributed by atoms with Crippen molar-refractivity contribution in [3.05, 3.63) is 24.3 Å². The molecule has 0 aliphatic rings. The molecule has 106 valence electrons. The van der Waals surface area contributed by atoms with Crippen LogP contribution in [-0.2, 0) is 4.79 Å². The molecular weight excluding hydrogens is 260 g/mol. The Morgan fingerprint density at radius 1 is 1.42 bits per heavy atom. The van der Waals surface area contributed by atoms with Gasteiger partial charge in [-0.1, -0.05) is 19.1 Å². The van der Waals surface area contributed by atoms with E-state index in [-0.39, 0.29) is 11.9 Å². The number of nitrogens with two attached hydrogens (primary N) is 1. The summed E-state index contributed by atoms with van der Waals surface area (Å²) in [5.41, 5.74) is 6.52. The molecule has 4 nitrogen and oxygen atoms in total. The number of ether oxygens (including phenoxy) is 1. The molecule has 5 heteroatoms. The lowest BCUT2D eigenvalue weighted by Crippen LogP contribution is -2.23. The Morgan fingerprint density at radius 2 is 2.16 bits per heavy atom. The number of nitrogens with one attached hydrogen (secondary N) is 1. The summed E-state index contributed by atoms with van der Waals surface area (Å²) in [5.74, 6) is 1.89. The van der Waals surface area contributed by atoms with E-state index in [2.05, 4.69) is 5.32 Å². The van der Waals surface area contributed by atoms with E-state index < -0.39 is 0 Å². The highest BCUT2D eigenvalue weighted by Gasteiger charge is 2.08. The van der Waals surface area contributed by atoms with Crippen molar-refractivity contribution in [2.75, 3.05) is 23.4 Å². The Balaban J connectivity index is 2.43. The fourth-order valence-electron chi connectivity index (χ4n) is 1.46. The maximum absolute atomic E-state index is 11.8. The first kappa shape index (κ1) is 15.9. The van der Waals surface area contributed by atoms with Gasteiger partial charge in [0.05, 0.1) is 18.0 Å². The van der Waals surface area contributed by atoms with Gasteiger partial charge in [-0.25, -0.2) is 0 Å². The van der Waals surface area contributed by atoms with Crippen LogP contribution in [-0.4, -0.2) is 30.1 Å². The number of anilines is 1. The van der Waals surface area contributed by atoms with Crippen LogP contribution in [0.3, 0.4) is 0 Å². The van der Waals surface area contributed by atoms with Crippen LogP contribution in [0.25, 0.3) is 0 Å². The Kier molecular flexibility index (Phi) is 7.36. The topological polar surface area (TPSA) is 64.3 Å². The minimum Gasteiger partial charge on any atom is -0.492 e. The molecule has 0 aromatic heterocycles. The highest BCUT2D eigenvalue weighted by molar-refractivity contribution is 8.00. The first-order chi connectivity index (χ1) is 9.17. The Bertz CT molecular complexity index is 399. The van der Waals surface area contributed by atoms with Gasteiger partial charge in [0.2, 0.25) is 5.91 Å². The van der Waals surface area contributed by atoms with Gasteiger partial charge in [0, 0.05) is 11.8 Å². The van der Waals surface area contributed by atoms with Gasteiger partial charge in [-0.15, -0.1) is 0 Å². The van der Waals surface area contributed by atoms with Gasteiger partial charge in [0.1, 0.15) is 5.75 Å². The molecule has 1 aromatic rings. The molecule has 1 unspecified atom stereocenters. The third kappa shape index (κ3) is 5.98. The smallest absolute Gasteiger partial charge is 0.234 e. The Hall–Kier alpha value is -1.20. The Labute approximate surface area is 119 Å². The van der Waals surface area contributed by atoms with Crippen molar-refractivity contribution in [3.8, 4) is 5.75 Å². The molecule has 0 saturated carbocycles. The molecule has 0 fully saturated rings. The molecule has 3 N–H and O–H groups in total. The molecule has 0 aliphatic carbocycles. The third-order valence-electron chi connectivity index (χ3n) is 2.55. The average Bonchev–Trinajstić information content (AvgIpc) is 2.41. The predicted molar refractivity (Wildman–Crippen MR) is 81.8 cm³/mol. The van der Waals surface area contributed by atoms with E-state index in [4.69, 9.17) is 10.5 Å². The number of hydrogen-bond donors (Lipinski definition) is 2. The summed E-state index contributed by atoms with van der Waals surface area (Å²) in [5, 5.41) is 2.86. The maximum Gasteiger partial charge on any atom is 0.234 e. The first-order valence-corrected chi connectivity index (χ1v) is 7.67. The molecule has 0 aliphatic heterocycles.